The van der Waals surface area contributed by atoms with Gasteiger partial charge in [0.25, 0.3) is 5.56 Å². The molecule has 1 aliphatic rings. The summed E-state index contributed by atoms with van der Waals surface area (Å²) >= 11 is 5.14. The molecule has 0 radical (unpaired) electrons. The summed E-state index contributed by atoms with van der Waals surface area (Å²) in [6.07, 6.45) is -4.62. The van der Waals surface area contributed by atoms with Crippen LogP contribution in [-0.2, 0) is 23.4 Å². The van der Waals surface area contributed by atoms with Crippen LogP contribution in [0.2, 0.25) is 0 Å². The van der Waals surface area contributed by atoms with E-state index in [-0.39, 0.29) is 17.1 Å². The quantitative estimate of drug-likeness (QED) is 0.185. The van der Waals surface area contributed by atoms with Crippen molar-refractivity contribution in [2.75, 3.05) is 19.3 Å². The second-order valence-corrected chi connectivity index (χ2v) is 11.7. The van der Waals surface area contributed by atoms with E-state index in [0.717, 1.165) is 16.0 Å². The van der Waals surface area contributed by atoms with Gasteiger partial charge in [-0.1, -0.05) is 43.3 Å². The highest BCUT2D eigenvalue weighted by molar-refractivity contribution is 7.71. The molecule has 39 heavy (non-hydrogen) atoms. The van der Waals surface area contributed by atoms with Crippen LogP contribution in [0.1, 0.15) is 29.7 Å². The van der Waals surface area contributed by atoms with Crippen molar-refractivity contribution in [3.63, 3.8) is 0 Å². The highest BCUT2D eigenvalue weighted by Gasteiger charge is 2.53. The van der Waals surface area contributed by atoms with E-state index in [0.29, 0.717) is 5.39 Å². The molecule has 1 aliphatic heterocycles. The first-order chi connectivity index (χ1) is 19.2. The Morgan fingerprint density at radius 2 is 2.03 bits per heavy atom. The summed E-state index contributed by atoms with van der Waals surface area (Å²) in [6.45, 7) is 1.29. The molecule has 1 fully saturated rings. The highest BCUT2D eigenvalue weighted by atomic mass is 32.1. The van der Waals surface area contributed by atoms with Gasteiger partial charge in [-0.05, 0) is 37.5 Å². The number of aromatic nitrogens is 2. The molecule has 0 bridgehead atoms. The summed E-state index contributed by atoms with van der Waals surface area (Å²) in [5.41, 5.74) is -2.64. The van der Waals surface area contributed by atoms with Crippen molar-refractivity contribution < 1.29 is 40.8 Å². The number of H-pyrrole nitrogens is 1. The van der Waals surface area contributed by atoms with Gasteiger partial charge in [-0.2, -0.15) is 0 Å². The van der Waals surface area contributed by atoms with Crippen molar-refractivity contribution >= 4 is 36.6 Å². The smallest absolute Gasteiger partial charge is 0.380 e. The number of fused-ring (bicyclic) bond motifs is 1. The summed E-state index contributed by atoms with van der Waals surface area (Å²) < 4.78 is 54.8. The summed E-state index contributed by atoms with van der Waals surface area (Å²) in [4.78, 5) is 26.4. The van der Waals surface area contributed by atoms with Gasteiger partial charge in [-0.25, -0.2) is 4.57 Å². The minimum Gasteiger partial charge on any atom is -0.466 e. The van der Waals surface area contributed by atoms with Crippen LogP contribution in [0.25, 0.3) is 10.8 Å². The molecule has 2 aromatic carbocycles. The lowest BCUT2D eigenvalue weighted by molar-refractivity contribution is -0.146. The highest BCUT2D eigenvalue weighted by Crippen LogP contribution is 2.52. The Balaban J connectivity index is 1.70. The first-order valence-corrected chi connectivity index (χ1v) is 14.3. The van der Waals surface area contributed by atoms with E-state index in [4.69, 9.17) is 33.5 Å². The standard InChI is InChI=1S/C26H31N2O9PS/c1-4-34-23(31)16(2)15-38(33,37-19-11-7-9-17-8-5-6-10-18(17)19)35-14-20-22(30)26(3,32)24(36-20)28-13-12-21(29)27-25(28)39/h5-13,16,20,22,24,30,32H,4,14-15H2,1-3H3,(H,27,29,39)/t16-,20-,22+,24-,26?,38?/m1/s1/i14D2. The van der Waals surface area contributed by atoms with E-state index in [1.807, 2.05) is 0 Å². The molecule has 210 valence electrons. The SMILES string of the molecule is [2H]C([2H])(OP(=O)(C[C@@H](C)C(=O)OCC)Oc1cccc2ccccc12)[C@H]1O[C@@H](n2ccc(=O)[nH]c2=S)C(C)(O)[C@H]1O. The molecule has 13 heteroatoms. The fraction of sp³-hybridized carbons (Fsp3) is 0.423. The van der Waals surface area contributed by atoms with Crippen molar-refractivity contribution in [2.24, 2.45) is 5.92 Å². The lowest BCUT2D eigenvalue weighted by Gasteiger charge is -2.28. The molecule has 0 amide bonds. The number of nitrogens with one attached hydrogen (secondary N) is 1. The largest absolute Gasteiger partial charge is 0.466 e. The number of rotatable bonds is 10. The maximum absolute atomic E-state index is 14.3. The van der Waals surface area contributed by atoms with Gasteiger partial charge in [-0.3, -0.25) is 23.7 Å². The number of carbonyl (C=O) groups is 1. The first kappa shape index (κ1) is 26.4. The molecule has 0 saturated carbocycles. The second-order valence-electron chi connectivity index (χ2n) is 9.32. The number of hydrogen-bond acceptors (Lipinski definition) is 10. The van der Waals surface area contributed by atoms with E-state index in [2.05, 4.69) is 4.98 Å². The third kappa shape index (κ3) is 6.32. The van der Waals surface area contributed by atoms with Gasteiger partial charge in [0.05, 0.1) is 28.0 Å². The molecule has 4 rings (SSSR count). The molecule has 2 unspecified atom stereocenters. The number of ether oxygens (including phenoxy) is 2. The Kier molecular flexibility index (Phi) is 7.92. The molecule has 6 atom stereocenters. The number of esters is 1. The molecule has 11 nitrogen and oxygen atoms in total. The van der Waals surface area contributed by atoms with E-state index < -0.39 is 61.8 Å². The zero-order valence-electron chi connectivity index (χ0n) is 23.5. The van der Waals surface area contributed by atoms with Crippen LogP contribution >= 0.6 is 19.8 Å². The van der Waals surface area contributed by atoms with Crippen molar-refractivity contribution in [2.45, 2.75) is 44.8 Å². The molecule has 0 aliphatic carbocycles. The Hall–Kier alpha value is -2.86. The Morgan fingerprint density at radius 3 is 2.74 bits per heavy atom. The van der Waals surface area contributed by atoms with Gasteiger partial charge in [-0.15, -0.1) is 0 Å². The summed E-state index contributed by atoms with van der Waals surface area (Å²) in [5, 5.41) is 23.4. The molecule has 1 aromatic heterocycles. The van der Waals surface area contributed by atoms with Crippen LogP contribution < -0.4 is 10.1 Å². The number of aliphatic hydroxyl groups excluding tert-OH is 1. The van der Waals surface area contributed by atoms with Gasteiger partial charge < -0.3 is 24.2 Å². The van der Waals surface area contributed by atoms with Crippen LogP contribution in [0.4, 0.5) is 0 Å². The first-order valence-electron chi connectivity index (χ1n) is 13.2. The molecule has 1 saturated heterocycles. The van der Waals surface area contributed by atoms with Crippen molar-refractivity contribution in [3.05, 3.63) is 69.9 Å². The Morgan fingerprint density at radius 1 is 1.31 bits per heavy atom. The zero-order chi connectivity index (χ0) is 30.2. The number of aliphatic hydroxyl groups is 2. The van der Waals surface area contributed by atoms with Crippen molar-refractivity contribution in [3.8, 4) is 5.75 Å². The number of benzene rings is 2. The molecule has 2 heterocycles. The van der Waals surface area contributed by atoms with Crippen LogP contribution in [0.3, 0.4) is 0 Å². The maximum atomic E-state index is 14.3. The van der Waals surface area contributed by atoms with Gasteiger partial charge in [0, 0.05) is 17.6 Å². The minimum absolute atomic E-state index is 0.0746. The predicted octanol–water partition coefficient (Wildman–Crippen LogP) is 3.56. The van der Waals surface area contributed by atoms with Crippen molar-refractivity contribution in [1.29, 1.82) is 0 Å². The van der Waals surface area contributed by atoms with Crippen LogP contribution in [0, 0.1) is 10.7 Å². The fourth-order valence-electron chi connectivity index (χ4n) is 4.20. The topological polar surface area (TPSA) is 149 Å². The van der Waals surface area contributed by atoms with E-state index in [9.17, 15) is 24.4 Å². The number of hydrogen-bond donors (Lipinski definition) is 3. The predicted molar refractivity (Wildman–Crippen MR) is 145 cm³/mol. The average Bonchev–Trinajstić information content (AvgIpc) is 3.13. The van der Waals surface area contributed by atoms with Gasteiger partial charge in [0.15, 0.2) is 11.0 Å². The number of carbonyl (C=O) groups excluding carboxylic acids is 1. The maximum Gasteiger partial charge on any atom is 0.380 e. The van der Waals surface area contributed by atoms with Gasteiger partial charge in [0.1, 0.15) is 23.6 Å². The molecule has 0 spiro atoms. The number of aromatic amines is 1. The third-order valence-electron chi connectivity index (χ3n) is 6.25. The van der Waals surface area contributed by atoms with Crippen LogP contribution in [-0.4, -0.2) is 62.9 Å². The monoisotopic (exact) mass is 580 g/mol. The lowest BCUT2D eigenvalue weighted by atomic mass is 9.96. The third-order valence-corrected chi connectivity index (χ3v) is 8.41. The Labute approximate surface area is 232 Å². The van der Waals surface area contributed by atoms with E-state index in [1.165, 1.54) is 26.1 Å². The average molecular weight is 581 g/mol. The Bertz CT molecular complexity index is 1590. The normalized spacial score (nSPS) is 26.3. The number of nitrogens with zero attached hydrogens (tertiary/aromatic N) is 1. The van der Waals surface area contributed by atoms with E-state index >= 15 is 0 Å². The van der Waals surface area contributed by atoms with Gasteiger partial charge >= 0.3 is 13.6 Å². The zero-order valence-corrected chi connectivity index (χ0v) is 23.2. The summed E-state index contributed by atoms with van der Waals surface area (Å²) in [7, 11) is -4.55. The van der Waals surface area contributed by atoms with Crippen LogP contribution in [0.5, 0.6) is 5.75 Å². The minimum atomic E-state index is -4.55. The molecular formula is C26H31N2O9PS. The summed E-state index contributed by atoms with van der Waals surface area (Å²) in [6, 6.07) is 13.2. The lowest BCUT2D eigenvalue weighted by Crippen LogP contribution is -2.44. The fourth-order valence-corrected chi connectivity index (χ4v) is 6.19. The molecule has 3 N–H and O–H groups in total. The summed E-state index contributed by atoms with van der Waals surface area (Å²) in [5.74, 6) is -1.59. The van der Waals surface area contributed by atoms with E-state index in [1.54, 1.807) is 43.3 Å². The van der Waals surface area contributed by atoms with Crippen LogP contribution in [0.15, 0.2) is 59.5 Å². The van der Waals surface area contributed by atoms with Crippen molar-refractivity contribution in [1.82, 2.24) is 9.55 Å². The molecular weight excluding hydrogens is 547 g/mol. The molecule has 3 aromatic rings. The van der Waals surface area contributed by atoms with Gasteiger partial charge in [0.2, 0.25) is 0 Å². The second kappa shape index (κ2) is 11.7.